The van der Waals surface area contributed by atoms with E-state index in [9.17, 15) is 9.59 Å². The summed E-state index contributed by atoms with van der Waals surface area (Å²) in [5.41, 5.74) is 1.61. The molecule has 0 radical (unpaired) electrons. The van der Waals surface area contributed by atoms with Crippen molar-refractivity contribution in [1.82, 2.24) is 10.2 Å². The zero-order valence-corrected chi connectivity index (χ0v) is 21.7. The summed E-state index contributed by atoms with van der Waals surface area (Å²) >= 11 is 20.5. The van der Waals surface area contributed by atoms with Crippen molar-refractivity contribution in [1.29, 1.82) is 0 Å². The Balaban J connectivity index is 1.71. The number of halogens is 3. The average molecular weight is 528 g/mol. The van der Waals surface area contributed by atoms with Crippen LogP contribution in [-0.4, -0.2) is 34.6 Å². The number of rotatable bonds is 9. The third-order valence-corrected chi connectivity index (χ3v) is 7.99. The van der Waals surface area contributed by atoms with Gasteiger partial charge in [0.25, 0.3) is 0 Å². The molecule has 1 aliphatic carbocycles. The van der Waals surface area contributed by atoms with Crippen LogP contribution >= 0.6 is 46.6 Å². The molecule has 1 aliphatic rings. The SMILES string of the molecule is C[C@H](C(=O)NC1CCCCC1)N(Cc1c(Cl)cccc1Cl)C(=O)CSCc1ccccc1Cl. The zero-order chi connectivity index (χ0) is 23.8. The predicted molar refractivity (Wildman–Crippen MR) is 139 cm³/mol. The fraction of sp³-hybridized carbons (Fsp3) is 0.440. The second-order valence-corrected chi connectivity index (χ2v) is 10.5. The van der Waals surface area contributed by atoms with Gasteiger partial charge in [0.05, 0.1) is 5.75 Å². The molecule has 1 atom stereocenters. The molecule has 4 nitrogen and oxygen atoms in total. The van der Waals surface area contributed by atoms with Gasteiger partial charge in [-0.3, -0.25) is 9.59 Å². The van der Waals surface area contributed by atoms with Crippen LogP contribution in [0.15, 0.2) is 42.5 Å². The van der Waals surface area contributed by atoms with E-state index in [4.69, 9.17) is 34.8 Å². The first-order valence-electron chi connectivity index (χ1n) is 11.2. The summed E-state index contributed by atoms with van der Waals surface area (Å²) in [4.78, 5) is 27.9. The average Bonchev–Trinajstić information content (AvgIpc) is 2.80. The molecule has 2 amide bonds. The van der Waals surface area contributed by atoms with Gasteiger partial charge in [-0.25, -0.2) is 0 Å². The van der Waals surface area contributed by atoms with Crippen LogP contribution in [-0.2, 0) is 21.9 Å². The van der Waals surface area contributed by atoms with Crippen LogP contribution in [0.3, 0.4) is 0 Å². The number of hydrogen-bond donors (Lipinski definition) is 1. The third-order valence-electron chi connectivity index (χ3n) is 5.95. The maximum Gasteiger partial charge on any atom is 0.242 e. The lowest BCUT2D eigenvalue weighted by molar-refractivity contribution is -0.139. The third kappa shape index (κ3) is 7.54. The molecular formula is C25H29Cl3N2O2S. The maximum absolute atomic E-state index is 13.3. The van der Waals surface area contributed by atoms with Gasteiger partial charge in [-0.1, -0.05) is 78.3 Å². The summed E-state index contributed by atoms with van der Waals surface area (Å²) in [6.45, 7) is 1.93. The van der Waals surface area contributed by atoms with Crippen molar-refractivity contribution in [2.24, 2.45) is 0 Å². The van der Waals surface area contributed by atoms with Crippen LogP contribution in [0.5, 0.6) is 0 Å². The highest BCUT2D eigenvalue weighted by molar-refractivity contribution is 7.99. The van der Waals surface area contributed by atoms with E-state index in [-0.39, 0.29) is 30.2 Å². The number of thioether (sulfide) groups is 1. The lowest BCUT2D eigenvalue weighted by Gasteiger charge is -2.31. The fourth-order valence-electron chi connectivity index (χ4n) is 3.95. The van der Waals surface area contributed by atoms with Crippen LogP contribution in [0, 0.1) is 0 Å². The Labute approximate surface area is 215 Å². The largest absolute Gasteiger partial charge is 0.352 e. The van der Waals surface area contributed by atoms with Crippen molar-refractivity contribution in [3.05, 3.63) is 68.7 Å². The Hall–Kier alpha value is -1.40. The minimum absolute atomic E-state index is 0.144. The first-order valence-corrected chi connectivity index (χ1v) is 13.5. The molecule has 0 spiro atoms. The summed E-state index contributed by atoms with van der Waals surface area (Å²) in [7, 11) is 0. The van der Waals surface area contributed by atoms with E-state index < -0.39 is 6.04 Å². The Morgan fingerprint density at radius 1 is 1.00 bits per heavy atom. The van der Waals surface area contributed by atoms with Crippen molar-refractivity contribution in [3.8, 4) is 0 Å². The summed E-state index contributed by atoms with van der Waals surface area (Å²) < 4.78 is 0. The number of nitrogens with one attached hydrogen (secondary N) is 1. The van der Waals surface area contributed by atoms with Crippen molar-refractivity contribution >= 4 is 58.4 Å². The van der Waals surface area contributed by atoms with E-state index in [1.54, 1.807) is 30.0 Å². The molecule has 2 aromatic carbocycles. The van der Waals surface area contributed by atoms with E-state index in [1.165, 1.54) is 18.2 Å². The van der Waals surface area contributed by atoms with E-state index in [0.29, 0.717) is 26.4 Å². The number of carbonyl (C=O) groups is 2. The highest BCUT2D eigenvalue weighted by atomic mass is 35.5. The highest BCUT2D eigenvalue weighted by Crippen LogP contribution is 2.28. The van der Waals surface area contributed by atoms with Crippen molar-refractivity contribution in [2.45, 2.75) is 63.4 Å². The molecule has 178 valence electrons. The topological polar surface area (TPSA) is 49.4 Å². The molecule has 1 fully saturated rings. The lowest BCUT2D eigenvalue weighted by Crippen LogP contribution is -2.50. The Morgan fingerprint density at radius 3 is 2.30 bits per heavy atom. The number of hydrogen-bond acceptors (Lipinski definition) is 3. The molecule has 0 bridgehead atoms. The van der Waals surface area contributed by atoms with Gasteiger partial charge in [-0.15, -0.1) is 11.8 Å². The molecule has 0 heterocycles. The molecular weight excluding hydrogens is 499 g/mol. The van der Waals surface area contributed by atoms with Gasteiger partial charge in [0.15, 0.2) is 0 Å². The Morgan fingerprint density at radius 2 is 1.64 bits per heavy atom. The number of benzene rings is 2. The van der Waals surface area contributed by atoms with E-state index in [1.807, 2.05) is 24.3 Å². The minimum atomic E-state index is -0.646. The Kier molecular flexibility index (Phi) is 10.2. The molecule has 0 aliphatic heterocycles. The molecule has 0 unspecified atom stereocenters. The quantitative estimate of drug-likeness (QED) is 0.392. The normalized spacial score (nSPS) is 15.2. The molecule has 3 rings (SSSR count). The minimum Gasteiger partial charge on any atom is -0.352 e. The van der Waals surface area contributed by atoms with Crippen molar-refractivity contribution in [2.75, 3.05) is 5.75 Å². The van der Waals surface area contributed by atoms with Crippen LogP contribution in [0.2, 0.25) is 15.1 Å². The van der Waals surface area contributed by atoms with Crippen molar-refractivity contribution < 1.29 is 9.59 Å². The number of amides is 2. The second kappa shape index (κ2) is 12.9. The van der Waals surface area contributed by atoms with Crippen LogP contribution in [0.1, 0.15) is 50.2 Å². The van der Waals surface area contributed by atoms with E-state index in [2.05, 4.69) is 5.32 Å². The van der Waals surface area contributed by atoms with E-state index in [0.717, 1.165) is 31.2 Å². The summed E-state index contributed by atoms with van der Waals surface area (Å²) in [5, 5.41) is 4.77. The first-order chi connectivity index (χ1) is 15.9. The van der Waals surface area contributed by atoms with Crippen LogP contribution in [0.25, 0.3) is 0 Å². The highest BCUT2D eigenvalue weighted by Gasteiger charge is 2.29. The molecule has 2 aromatic rings. The summed E-state index contributed by atoms with van der Waals surface area (Å²) in [5.74, 6) is 0.534. The smallest absolute Gasteiger partial charge is 0.242 e. The molecule has 0 aromatic heterocycles. The monoisotopic (exact) mass is 526 g/mol. The van der Waals surface area contributed by atoms with Crippen molar-refractivity contribution in [3.63, 3.8) is 0 Å². The van der Waals surface area contributed by atoms with Crippen LogP contribution < -0.4 is 5.32 Å². The molecule has 1 saturated carbocycles. The predicted octanol–water partition coefficient (Wildman–Crippen LogP) is 6.75. The first kappa shape index (κ1) is 26.2. The standard InChI is InChI=1S/C25H29Cl3N2O2S/c1-17(25(32)29-19-9-3-2-4-10-19)30(14-20-22(27)12-7-13-23(20)28)24(31)16-33-15-18-8-5-6-11-21(18)26/h5-8,11-13,17,19H,2-4,9-10,14-16H2,1H3,(H,29,32)/t17-/m1/s1. The van der Waals surface area contributed by atoms with Gasteiger partial charge >= 0.3 is 0 Å². The van der Waals surface area contributed by atoms with Gasteiger partial charge in [0.2, 0.25) is 11.8 Å². The Bertz CT molecular complexity index is 946. The molecule has 0 saturated heterocycles. The van der Waals surface area contributed by atoms with Gasteiger partial charge in [-0.2, -0.15) is 0 Å². The van der Waals surface area contributed by atoms with E-state index >= 15 is 0 Å². The van der Waals surface area contributed by atoms with Gasteiger partial charge in [0.1, 0.15) is 6.04 Å². The maximum atomic E-state index is 13.3. The molecule has 8 heteroatoms. The van der Waals surface area contributed by atoms with Gasteiger partial charge in [0, 0.05) is 39.0 Å². The summed E-state index contributed by atoms with van der Waals surface area (Å²) in [6.07, 6.45) is 5.42. The number of nitrogens with zero attached hydrogens (tertiary/aromatic N) is 1. The van der Waals surface area contributed by atoms with Crippen LogP contribution in [0.4, 0.5) is 0 Å². The molecule has 33 heavy (non-hydrogen) atoms. The number of carbonyl (C=O) groups excluding carboxylic acids is 2. The van der Waals surface area contributed by atoms with Gasteiger partial charge < -0.3 is 10.2 Å². The fourth-order valence-corrected chi connectivity index (χ4v) is 5.66. The zero-order valence-electron chi connectivity index (χ0n) is 18.7. The second-order valence-electron chi connectivity index (χ2n) is 8.33. The van der Waals surface area contributed by atoms with Gasteiger partial charge in [-0.05, 0) is 43.5 Å². The molecule has 1 N–H and O–H groups in total. The summed E-state index contributed by atoms with van der Waals surface area (Å²) in [6, 6.07) is 12.4. The lowest BCUT2D eigenvalue weighted by atomic mass is 9.95.